The third-order valence-electron chi connectivity index (χ3n) is 5.48. The molecule has 27 heavy (non-hydrogen) atoms. The molecular weight excluding hydrogens is 334 g/mol. The Morgan fingerprint density at radius 1 is 0.593 bits per heavy atom. The van der Waals surface area contributed by atoms with E-state index in [0.29, 0.717) is 6.54 Å². The van der Waals surface area contributed by atoms with Crippen LogP contribution in [0.15, 0.2) is 0 Å². The first kappa shape index (κ1) is 26.2. The molecule has 0 heterocycles. The molecule has 0 atom stereocenters. The van der Waals surface area contributed by atoms with E-state index in [1.807, 2.05) is 0 Å². The van der Waals surface area contributed by atoms with E-state index in [9.17, 15) is 4.79 Å². The standard InChI is InChI=1S/C23H49N3O/c1-2-3-4-5-6-7-8-9-10-11-12-13-14-15-16-18-21-26(23(25)27)22-19-17-20-24/h2-22,24H2,1H3,(H2,25,27). The number of amides is 2. The molecule has 4 nitrogen and oxygen atoms in total. The first-order chi connectivity index (χ1) is 13.2. The van der Waals surface area contributed by atoms with Gasteiger partial charge in [0.1, 0.15) is 0 Å². The van der Waals surface area contributed by atoms with Crippen molar-refractivity contribution in [2.24, 2.45) is 11.5 Å². The topological polar surface area (TPSA) is 72.3 Å². The Labute approximate surface area is 169 Å². The van der Waals surface area contributed by atoms with Crippen LogP contribution in [0.3, 0.4) is 0 Å². The average Bonchev–Trinajstić information content (AvgIpc) is 2.66. The maximum Gasteiger partial charge on any atom is 0.314 e. The van der Waals surface area contributed by atoms with Crippen LogP contribution in [0.5, 0.6) is 0 Å². The third kappa shape index (κ3) is 19.8. The van der Waals surface area contributed by atoms with Gasteiger partial charge in [0, 0.05) is 13.1 Å². The summed E-state index contributed by atoms with van der Waals surface area (Å²) in [4.78, 5) is 13.2. The summed E-state index contributed by atoms with van der Waals surface area (Å²) in [5, 5.41) is 0. The summed E-state index contributed by atoms with van der Waals surface area (Å²) in [5.41, 5.74) is 10.9. The third-order valence-corrected chi connectivity index (χ3v) is 5.48. The van der Waals surface area contributed by atoms with Crippen molar-refractivity contribution in [1.82, 2.24) is 4.90 Å². The Morgan fingerprint density at radius 3 is 1.26 bits per heavy atom. The number of primary amides is 1. The van der Waals surface area contributed by atoms with Crippen LogP contribution in [0, 0.1) is 0 Å². The summed E-state index contributed by atoms with van der Waals surface area (Å²) in [7, 11) is 0. The molecule has 4 heteroatoms. The number of carbonyl (C=O) groups excluding carboxylic acids is 1. The number of nitrogens with two attached hydrogens (primary N) is 2. The molecule has 0 bridgehead atoms. The molecule has 0 aliphatic carbocycles. The fraction of sp³-hybridized carbons (Fsp3) is 0.957. The summed E-state index contributed by atoms with van der Waals surface area (Å²) in [6.45, 7) is 4.53. The van der Waals surface area contributed by atoms with Gasteiger partial charge in [-0.2, -0.15) is 0 Å². The SMILES string of the molecule is CCCCCCCCCCCCCCCCCCN(CCCCN)C(N)=O. The number of rotatable bonds is 21. The Morgan fingerprint density at radius 2 is 0.926 bits per heavy atom. The van der Waals surface area contributed by atoms with Gasteiger partial charge in [0.2, 0.25) is 0 Å². The Kier molecular flexibility index (Phi) is 20.9. The van der Waals surface area contributed by atoms with Crippen molar-refractivity contribution >= 4 is 6.03 Å². The van der Waals surface area contributed by atoms with Crippen LogP contribution in [0.25, 0.3) is 0 Å². The van der Waals surface area contributed by atoms with Crippen LogP contribution in [-0.4, -0.2) is 30.6 Å². The molecule has 162 valence electrons. The molecule has 0 radical (unpaired) electrons. The van der Waals surface area contributed by atoms with Gasteiger partial charge in [-0.15, -0.1) is 0 Å². The number of hydrogen-bond donors (Lipinski definition) is 2. The van der Waals surface area contributed by atoms with Gasteiger partial charge in [0.05, 0.1) is 0 Å². The lowest BCUT2D eigenvalue weighted by Crippen LogP contribution is -2.37. The van der Waals surface area contributed by atoms with E-state index in [-0.39, 0.29) is 6.03 Å². The first-order valence-corrected chi connectivity index (χ1v) is 12.0. The van der Waals surface area contributed by atoms with Gasteiger partial charge in [-0.05, 0) is 25.8 Å². The van der Waals surface area contributed by atoms with E-state index in [4.69, 9.17) is 11.5 Å². The van der Waals surface area contributed by atoms with Gasteiger partial charge in [-0.3, -0.25) is 0 Å². The van der Waals surface area contributed by atoms with E-state index in [0.717, 1.165) is 32.4 Å². The zero-order chi connectivity index (χ0) is 20.0. The molecule has 0 spiro atoms. The highest BCUT2D eigenvalue weighted by molar-refractivity contribution is 5.71. The summed E-state index contributed by atoms with van der Waals surface area (Å²) in [5.74, 6) is 0. The normalized spacial score (nSPS) is 11.0. The second-order valence-electron chi connectivity index (χ2n) is 8.12. The molecule has 4 N–H and O–H groups in total. The van der Waals surface area contributed by atoms with E-state index in [1.165, 1.54) is 96.3 Å². The highest BCUT2D eigenvalue weighted by Gasteiger charge is 2.08. The fourth-order valence-corrected chi connectivity index (χ4v) is 3.63. The number of urea groups is 1. The van der Waals surface area contributed by atoms with Crippen molar-refractivity contribution < 1.29 is 4.79 Å². The molecule has 0 aromatic rings. The van der Waals surface area contributed by atoms with Gasteiger partial charge in [0.25, 0.3) is 0 Å². The molecular formula is C23H49N3O. The fourth-order valence-electron chi connectivity index (χ4n) is 3.63. The molecule has 0 unspecified atom stereocenters. The van der Waals surface area contributed by atoms with E-state index in [2.05, 4.69) is 6.92 Å². The molecule has 0 aromatic heterocycles. The van der Waals surface area contributed by atoms with Crippen molar-refractivity contribution in [3.63, 3.8) is 0 Å². The molecule has 0 saturated heterocycles. The molecule has 0 aliphatic rings. The Balaban J connectivity index is 3.26. The van der Waals surface area contributed by atoms with E-state index < -0.39 is 0 Å². The molecule has 0 saturated carbocycles. The second kappa shape index (κ2) is 21.5. The number of hydrogen-bond acceptors (Lipinski definition) is 2. The monoisotopic (exact) mass is 383 g/mol. The maximum absolute atomic E-state index is 11.4. The van der Waals surface area contributed by atoms with Crippen molar-refractivity contribution in [2.75, 3.05) is 19.6 Å². The lowest BCUT2D eigenvalue weighted by molar-refractivity contribution is 0.205. The van der Waals surface area contributed by atoms with Gasteiger partial charge in [0.15, 0.2) is 0 Å². The molecule has 2 amide bonds. The van der Waals surface area contributed by atoms with Gasteiger partial charge < -0.3 is 16.4 Å². The predicted octanol–water partition coefficient (Wildman–Crippen LogP) is 6.37. The van der Waals surface area contributed by atoms with Gasteiger partial charge in [-0.1, -0.05) is 103 Å². The predicted molar refractivity (Wildman–Crippen MR) is 119 cm³/mol. The quantitative estimate of drug-likeness (QED) is 0.226. The molecule has 0 aromatic carbocycles. The summed E-state index contributed by atoms with van der Waals surface area (Å²) in [6.07, 6.45) is 23.8. The number of carbonyl (C=O) groups is 1. The zero-order valence-electron chi connectivity index (χ0n) is 18.4. The Bertz CT molecular complexity index is 310. The van der Waals surface area contributed by atoms with Crippen LogP contribution in [0.1, 0.15) is 122 Å². The van der Waals surface area contributed by atoms with Crippen molar-refractivity contribution in [3.05, 3.63) is 0 Å². The first-order valence-electron chi connectivity index (χ1n) is 12.0. The lowest BCUT2D eigenvalue weighted by Gasteiger charge is -2.20. The lowest BCUT2D eigenvalue weighted by atomic mass is 10.0. The van der Waals surface area contributed by atoms with Gasteiger partial charge in [-0.25, -0.2) is 4.79 Å². The summed E-state index contributed by atoms with van der Waals surface area (Å²) >= 11 is 0. The minimum Gasteiger partial charge on any atom is -0.351 e. The zero-order valence-corrected chi connectivity index (χ0v) is 18.4. The van der Waals surface area contributed by atoms with Crippen molar-refractivity contribution in [3.8, 4) is 0 Å². The van der Waals surface area contributed by atoms with Crippen molar-refractivity contribution in [2.45, 2.75) is 122 Å². The van der Waals surface area contributed by atoms with Crippen LogP contribution in [-0.2, 0) is 0 Å². The highest BCUT2D eigenvalue weighted by Crippen LogP contribution is 2.13. The van der Waals surface area contributed by atoms with Crippen molar-refractivity contribution in [1.29, 1.82) is 0 Å². The van der Waals surface area contributed by atoms with Crippen LogP contribution in [0.4, 0.5) is 4.79 Å². The summed E-state index contributed by atoms with van der Waals surface area (Å²) in [6, 6.07) is -0.284. The second-order valence-corrected chi connectivity index (χ2v) is 8.12. The Hall–Kier alpha value is -0.770. The summed E-state index contributed by atoms with van der Waals surface area (Å²) < 4.78 is 0. The number of unbranched alkanes of at least 4 members (excludes halogenated alkanes) is 16. The number of nitrogens with zero attached hydrogens (tertiary/aromatic N) is 1. The van der Waals surface area contributed by atoms with Crippen LogP contribution in [0.2, 0.25) is 0 Å². The minimum absolute atomic E-state index is 0.284. The van der Waals surface area contributed by atoms with Gasteiger partial charge >= 0.3 is 6.03 Å². The largest absolute Gasteiger partial charge is 0.351 e. The molecule has 0 fully saturated rings. The van der Waals surface area contributed by atoms with Crippen LogP contribution >= 0.6 is 0 Å². The smallest absolute Gasteiger partial charge is 0.314 e. The minimum atomic E-state index is -0.284. The van der Waals surface area contributed by atoms with E-state index >= 15 is 0 Å². The molecule has 0 rings (SSSR count). The van der Waals surface area contributed by atoms with Crippen LogP contribution < -0.4 is 11.5 Å². The average molecular weight is 384 g/mol. The molecule has 0 aliphatic heterocycles. The van der Waals surface area contributed by atoms with E-state index in [1.54, 1.807) is 4.90 Å². The highest BCUT2D eigenvalue weighted by atomic mass is 16.2. The maximum atomic E-state index is 11.4.